The van der Waals surface area contributed by atoms with Crippen molar-refractivity contribution in [2.75, 3.05) is 6.61 Å². The normalized spacial score (nSPS) is 29.8. The number of aliphatic hydroxyl groups is 2. The first-order valence-electron chi connectivity index (χ1n) is 7.29. The highest BCUT2D eigenvalue weighted by Gasteiger charge is 2.46. The minimum atomic E-state index is -4.76. The second kappa shape index (κ2) is 8.08. The maximum atomic E-state index is 11.3. The van der Waals surface area contributed by atoms with Crippen LogP contribution in [0.25, 0.3) is 0 Å². The van der Waals surface area contributed by atoms with Gasteiger partial charge in [0, 0.05) is 6.92 Å². The third kappa shape index (κ3) is 5.63. The van der Waals surface area contributed by atoms with Crippen molar-refractivity contribution >= 4 is 16.3 Å². The number of carbonyl (C=O) groups is 1. The van der Waals surface area contributed by atoms with Crippen LogP contribution in [0.15, 0.2) is 30.3 Å². The number of carbonyl (C=O) groups excluding carboxylic acids is 1. The van der Waals surface area contributed by atoms with Gasteiger partial charge in [0.05, 0.1) is 6.61 Å². The Morgan fingerprint density at radius 1 is 1.24 bits per heavy atom. The lowest BCUT2D eigenvalue weighted by Gasteiger charge is -2.42. The summed E-state index contributed by atoms with van der Waals surface area (Å²) in [6, 6.07) is 7.23. The van der Waals surface area contributed by atoms with Crippen LogP contribution in [0, 0.1) is 0 Å². The average molecular weight is 377 g/mol. The van der Waals surface area contributed by atoms with Crippen molar-refractivity contribution in [1.29, 1.82) is 0 Å². The summed E-state index contributed by atoms with van der Waals surface area (Å²) in [7, 11) is -4.76. The molecule has 0 radical (unpaired) electrons. The molecule has 11 heteroatoms. The first-order chi connectivity index (χ1) is 11.7. The molecule has 2 unspecified atom stereocenters. The van der Waals surface area contributed by atoms with E-state index < -0.39 is 53.6 Å². The number of hydrogen-bond acceptors (Lipinski definition) is 8. The lowest BCUT2D eigenvalue weighted by atomic mass is 9.97. The van der Waals surface area contributed by atoms with Gasteiger partial charge in [-0.25, -0.2) is 4.18 Å². The minimum Gasteiger partial charge on any atom is -0.463 e. The largest absolute Gasteiger partial charge is 0.463 e. The number of ether oxygens (including phenoxy) is 2. The van der Waals surface area contributed by atoms with Crippen LogP contribution in [0.5, 0.6) is 5.75 Å². The molecular weight excluding hydrogens is 358 g/mol. The van der Waals surface area contributed by atoms with Crippen molar-refractivity contribution < 1.29 is 41.6 Å². The maximum Gasteiger partial charge on any atom is 0.397 e. The highest BCUT2D eigenvalue weighted by atomic mass is 32.3. The van der Waals surface area contributed by atoms with Gasteiger partial charge < -0.3 is 25.0 Å². The Hall–Kier alpha value is -1.76. The molecule has 5 atom stereocenters. The Bertz CT molecular complexity index is 681. The fourth-order valence-electron chi connectivity index (χ4n) is 2.34. The second-order valence-electron chi connectivity index (χ2n) is 5.39. The Morgan fingerprint density at radius 3 is 2.44 bits per heavy atom. The first kappa shape index (κ1) is 19.6. The number of rotatable bonds is 6. The van der Waals surface area contributed by atoms with Crippen LogP contribution >= 0.6 is 0 Å². The van der Waals surface area contributed by atoms with E-state index in [2.05, 4.69) is 9.50 Å². The monoisotopic (exact) mass is 377 g/mol. The van der Waals surface area contributed by atoms with Crippen LogP contribution in [-0.4, -0.2) is 66.3 Å². The van der Waals surface area contributed by atoms with E-state index in [-0.39, 0.29) is 0 Å². The highest BCUT2D eigenvalue weighted by Crippen LogP contribution is 2.25. The summed E-state index contributed by atoms with van der Waals surface area (Å²) in [4.78, 5) is 11.3. The molecule has 25 heavy (non-hydrogen) atoms. The zero-order valence-electron chi connectivity index (χ0n) is 13.2. The maximum absolute atomic E-state index is 11.3. The highest BCUT2D eigenvalue weighted by molar-refractivity contribution is 7.80. The molecule has 1 aliphatic heterocycles. The number of nitrogens with one attached hydrogen (secondary N) is 1. The Kier molecular flexibility index (Phi) is 6.32. The third-order valence-corrected chi connectivity index (χ3v) is 3.88. The predicted molar refractivity (Wildman–Crippen MR) is 82.8 cm³/mol. The van der Waals surface area contributed by atoms with E-state index in [0.717, 1.165) is 0 Å². The van der Waals surface area contributed by atoms with Crippen LogP contribution in [0.3, 0.4) is 0 Å². The number of amides is 1. The lowest BCUT2D eigenvalue weighted by Crippen LogP contribution is -2.65. The Labute approximate surface area is 144 Å². The van der Waals surface area contributed by atoms with Crippen LogP contribution in [0.4, 0.5) is 0 Å². The van der Waals surface area contributed by atoms with Crippen LogP contribution in [0.2, 0.25) is 0 Å². The molecule has 1 aromatic rings. The standard InChI is InChI=1S/C14H19NO9S/c1-8(16)15-11-13(18)12(17)10(7-22-25(19,20)21)24-14(11)23-9-5-3-2-4-6-9/h2-6,10-14,17-18H,7H2,1H3,(H,15,16)(H,19,20,21)/t10?,11-,12+,13-,14?/m1/s1. The number of hydrogen-bond donors (Lipinski definition) is 4. The average Bonchev–Trinajstić information content (AvgIpc) is 2.53. The van der Waals surface area contributed by atoms with Crippen molar-refractivity contribution in [3.05, 3.63) is 30.3 Å². The summed E-state index contributed by atoms with van der Waals surface area (Å²) in [5, 5.41) is 22.7. The van der Waals surface area contributed by atoms with Crippen LogP contribution in [-0.2, 0) is 24.1 Å². The molecule has 1 saturated heterocycles. The third-order valence-electron chi connectivity index (χ3n) is 3.45. The van der Waals surface area contributed by atoms with E-state index >= 15 is 0 Å². The van der Waals surface area contributed by atoms with E-state index in [1.54, 1.807) is 30.3 Å². The predicted octanol–water partition coefficient (Wildman–Crippen LogP) is -1.16. The van der Waals surface area contributed by atoms with Gasteiger partial charge in [0.25, 0.3) is 0 Å². The molecule has 0 bridgehead atoms. The summed E-state index contributed by atoms with van der Waals surface area (Å²) in [6.45, 7) is 0.463. The van der Waals surface area contributed by atoms with E-state index in [0.29, 0.717) is 5.75 Å². The molecule has 0 aliphatic carbocycles. The summed E-state index contributed by atoms with van der Waals surface area (Å²) in [5.41, 5.74) is 0. The number of para-hydroxylation sites is 1. The zero-order valence-corrected chi connectivity index (χ0v) is 14.0. The Balaban J connectivity index is 2.18. The zero-order chi connectivity index (χ0) is 18.6. The van der Waals surface area contributed by atoms with Gasteiger partial charge in [-0.1, -0.05) is 18.2 Å². The molecule has 2 rings (SSSR count). The first-order valence-corrected chi connectivity index (χ1v) is 8.66. The van der Waals surface area contributed by atoms with Gasteiger partial charge in [0.1, 0.15) is 30.1 Å². The van der Waals surface area contributed by atoms with E-state index in [1.165, 1.54) is 6.92 Å². The van der Waals surface area contributed by atoms with Gasteiger partial charge in [-0.05, 0) is 12.1 Å². The topological polar surface area (TPSA) is 152 Å². The number of benzene rings is 1. The van der Waals surface area contributed by atoms with Gasteiger partial charge in [-0.15, -0.1) is 0 Å². The molecule has 0 saturated carbocycles. The van der Waals surface area contributed by atoms with E-state index in [1.807, 2.05) is 0 Å². The molecule has 4 N–H and O–H groups in total. The van der Waals surface area contributed by atoms with Crippen molar-refractivity contribution in [2.45, 2.75) is 37.6 Å². The van der Waals surface area contributed by atoms with Crippen molar-refractivity contribution in [2.24, 2.45) is 0 Å². The van der Waals surface area contributed by atoms with Gasteiger partial charge in [0.2, 0.25) is 12.2 Å². The molecular formula is C14H19NO9S. The van der Waals surface area contributed by atoms with Crippen LogP contribution in [0.1, 0.15) is 6.92 Å². The SMILES string of the molecule is CC(=O)N[C@H]1C(Oc2ccccc2)OC(COS(=O)(=O)O)[C@H](O)[C@@H]1O. The Morgan fingerprint density at radius 2 is 1.88 bits per heavy atom. The molecule has 10 nitrogen and oxygen atoms in total. The molecule has 1 amide bonds. The summed E-state index contributed by atoms with van der Waals surface area (Å²) < 4.78 is 45.2. The molecule has 1 fully saturated rings. The number of aliphatic hydroxyl groups excluding tert-OH is 2. The van der Waals surface area contributed by atoms with Gasteiger partial charge in [0.15, 0.2) is 0 Å². The van der Waals surface area contributed by atoms with E-state index in [4.69, 9.17) is 14.0 Å². The van der Waals surface area contributed by atoms with E-state index in [9.17, 15) is 23.4 Å². The van der Waals surface area contributed by atoms with Gasteiger partial charge in [-0.3, -0.25) is 9.35 Å². The van der Waals surface area contributed by atoms with Crippen molar-refractivity contribution in [1.82, 2.24) is 5.32 Å². The fourth-order valence-corrected chi connectivity index (χ4v) is 2.65. The minimum absolute atomic E-state index is 0.362. The van der Waals surface area contributed by atoms with Gasteiger partial charge >= 0.3 is 10.4 Å². The van der Waals surface area contributed by atoms with Crippen molar-refractivity contribution in [3.63, 3.8) is 0 Å². The summed E-state index contributed by atoms with van der Waals surface area (Å²) in [5.74, 6) is -0.130. The van der Waals surface area contributed by atoms with Crippen LogP contribution < -0.4 is 10.1 Å². The molecule has 0 aromatic heterocycles. The lowest BCUT2D eigenvalue weighted by molar-refractivity contribution is -0.242. The quantitative estimate of drug-likeness (QED) is 0.450. The molecule has 1 aliphatic rings. The molecule has 1 aromatic carbocycles. The molecule has 140 valence electrons. The molecule has 1 heterocycles. The molecule has 0 spiro atoms. The fraction of sp³-hybridized carbons (Fsp3) is 0.500. The van der Waals surface area contributed by atoms with Gasteiger partial charge in [-0.2, -0.15) is 8.42 Å². The summed E-state index contributed by atoms with van der Waals surface area (Å²) in [6.07, 6.45) is -5.68. The van der Waals surface area contributed by atoms with Crippen molar-refractivity contribution in [3.8, 4) is 5.75 Å². The smallest absolute Gasteiger partial charge is 0.397 e. The second-order valence-corrected chi connectivity index (χ2v) is 6.48. The summed E-state index contributed by atoms with van der Waals surface area (Å²) >= 11 is 0.